The van der Waals surface area contributed by atoms with Crippen molar-refractivity contribution in [2.75, 3.05) is 17.6 Å². The first-order chi connectivity index (χ1) is 6.42. The van der Waals surface area contributed by atoms with Gasteiger partial charge in [0.1, 0.15) is 6.54 Å². The molecule has 14 heavy (non-hydrogen) atoms. The molecule has 0 atom stereocenters. The topological polar surface area (TPSA) is 68.8 Å². The predicted molar refractivity (Wildman–Crippen MR) is 44.7 cm³/mol. The Kier molecular flexibility index (Phi) is 2.82. The standard InChI is InChI=1S/C6H10F3N5/c1-2-11-5-12-4(10)14(13-5)3-6(7,8)9/h2-3H2,1H3,(H3,10,11,12,13). The van der Waals surface area contributed by atoms with Gasteiger partial charge in [-0.05, 0) is 6.92 Å². The Bertz CT molecular complexity index is 305. The fourth-order valence-corrected chi connectivity index (χ4v) is 0.873. The molecule has 3 N–H and O–H groups in total. The molecule has 8 heteroatoms. The largest absolute Gasteiger partial charge is 0.408 e. The zero-order valence-corrected chi connectivity index (χ0v) is 7.47. The molecule has 0 aliphatic heterocycles. The Morgan fingerprint density at radius 1 is 1.50 bits per heavy atom. The molecule has 0 fully saturated rings. The van der Waals surface area contributed by atoms with E-state index in [0.717, 1.165) is 0 Å². The van der Waals surface area contributed by atoms with Crippen LogP contribution in [-0.2, 0) is 6.54 Å². The molecule has 0 aromatic carbocycles. The summed E-state index contributed by atoms with van der Waals surface area (Å²) in [5.74, 6) is -0.146. The van der Waals surface area contributed by atoms with E-state index in [9.17, 15) is 13.2 Å². The number of nitrogens with zero attached hydrogens (tertiary/aromatic N) is 3. The molecule has 0 aliphatic rings. The number of aromatic nitrogens is 3. The number of nitrogens with one attached hydrogen (secondary N) is 1. The number of hydrogen-bond donors (Lipinski definition) is 2. The first kappa shape index (κ1) is 10.6. The minimum atomic E-state index is -4.34. The average molecular weight is 209 g/mol. The van der Waals surface area contributed by atoms with Crippen LogP contribution in [0.25, 0.3) is 0 Å². The van der Waals surface area contributed by atoms with Crippen molar-refractivity contribution in [3.05, 3.63) is 0 Å². The number of nitrogen functional groups attached to an aromatic ring is 1. The van der Waals surface area contributed by atoms with Crippen LogP contribution in [0.15, 0.2) is 0 Å². The van der Waals surface area contributed by atoms with Gasteiger partial charge < -0.3 is 11.1 Å². The van der Waals surface area contributed by atoms with E-state index < -0.39 is 12.7 Å². The molecule has 0 radical (unpaired) electrons. The van der Waals surface area contributed by atoms with Gasteiger partial charge in [-0.2, -0.15) is 18.2 Å². The van der Waals surface area contributed by atoms with Crippen LogP contribution in [0.2, 0.25) is 0 Å². The summed E-state index contributed by atoms with van der Waals surface area (Å²) in [5, 5.41) is 6.20. The van der Waals surface area contributed by atoms with E-state index in [1.54, 1.807) is 6.92 Å². The van der Waals surface area contributed by atoms with E-state index in [-0.39, 0.29) is 11.9 Å². The number of anilines is 2. The zero-order chi connectivity index (χ0) is 10.8. The summed E-state index contributed by atoms with van der Waals surface area (Å²) in [5.41, 5.74) is 5.23. The summed E-state index contributed by atoms with van der Waals surface area (Å²) < 4.78 is 36.5. The van der Waals surface area contributed by atoms with Gasteiger partial charge in [-0.25, -0.2) is 4.68 Å². The highest BCUT2D eigenvalue weighted by molar-refractivity contribution is 5.31. The third kappa shape index (κ3) is 2.79. The van der Waals surface area contributed by atoms with Gasteiger partial charge in [0.25, 0.3) is 0 Å². The molecule has 1 heterocycles. The van der Waals surface area contributed by atoms with E-state index >= 15 is 0 Å². The van der Waals surface area contributed by atoms with Crippen LogP contribution in [-0.4, -0.2) is 27.5 Å². The fraction of sp³-hybridized carbons (Fsp3) is 0.667. The van der Waals surface area contributed by atoms with Gasteiger partial charge in [-0.15, -0.1) is 5.10 Å². The summed E-state index contributed by atoms with van der Waals surface area (Å²) in [6, 6.07) is 0. The van der Waals surface area contributed by atoms with Gasteiger partial charge in [0.2, 0.25) is 11.9 Å². The number of nitrogens with two attached hydrogens (primary N) is 1. The Balaban J connectivity index is 2.77. The van der Waals surface area contributed by atoms with Crippen molar-refractivity contribution in [2.24, 2.45) is 0 Å². The van der Waals surface area contributed by atoms with E-state index in [0.29, 0.717) is 11.2 Å². The quantitative estimate of drug-likeness (QED) is 0.774. The third-order valence-electron chi connectivity index (χ3n) is 1.36. The van der Waals surface area contributed by atoms with Crippen LogP contribution in [0.5, 0.6) is 0 Å². The molecule has 0 saturated carbocycles. The Labute approximate surface area is 78.1 Å². The van der Waals surface area contributed by atoms with Gasteiger partial charge in [0, 0.05) is 6.54 Å². The van der Waals surface area contributed by atoms with E-state index in [4.69, 9.17) is 5.73 Å². The third-order valence-corrected chi connectivity index (χ3v) is 1.36. The SMILES string of the molecule is CCNc1nc(N)n(CC(F)(F)F)n1. The van der Waals surface area contributed by atoms with Crippen molar-refractivity contribution >= 4 is 11.9 Å². The van der Waals surface area contributed by atoms with Crippen LogP contribution < -0.4 is 11.1 Å². The summed E-state index contributed by atoms with van der Waals surface area (Å²) in [7, 11) is 0. The molecular formula is C6H10F3N5. The molecular weight excluding hydrogens is 199 g/mol. The van der Waals surface area contributed by atoms with Gasteiger partial charge in [0.15, 0.2) is 0 Å². The molecule has 5 nitrogen and oxygen atoms in total. The molecule has 1 rings (SSSR count). The van der Waals surface area contributed by atoms with Crippen molar-refractivity contribution in [2.45, 2.75) is 19.6 Å². The van der Waals surface area contributed by atoms with Crippen LogP contribution in [0.3, 0.4) is 0 Å². The van der Waals surface area contributed by atoms with Crippen molar-refractivity contribution in [3.8, 4) is 0 Å². The lowest BCUT2D eigenvalue weighted by atomic mass is 10.6. The summed E-state index contributed by atoms with van der Waals surface area (Å²) >= 11 is 0. The number of alkyl halides is 3. The molecule has 1 aromatic heterocycles. The maximum Gasteiger partial charge on any atom is 0.408 e. The van der Waals surface area contributed by atoms with E-state index in [1.165, 1.54) is 0 Å². The fourth-order valence-electron chi connectivity index (χ4n) is 0.873. The monoisotopic (exact) mass is 209 g/mol. The maximum absolute atomic E-state index is 12.0. The first-order valence-corrected chi connectivity index (χ1v) is 3.93. The van der Waals surface area contributed by atoms with Crippen molar-refractivity contribution in [1.29, 1.82) is 0 Å². The van der Waals surface area contributed by atoms with Gasteiger partial charge in [-0.3, -0.25) is 0 Å². The number of hydrogen-bond acceptors (Lipinski definition) is 4. The molecule has 1 aromatic rings. The van der Waals surface area contributed by atoms with E-state index in [1.807, 2.05) is 0 Å². The van der Waals surface area contributed by atoms with Gasteiger partial charge in [-0.1, -0.05) is 0 Å². The molecule has 0 bridgehead atoms. The van der Waals surface area contributed by atoms with Crippen molar-refractivity contribution in [3.63, 3.8) is 0 Å². The highest BCUT2D eigenvalue weighted by atomic mass is 19.4. The number of rotatable bonds is 3. The minimum absolute atomic E-state index is 0.106. The summed E-state index contributed by atoms with van der Waals surface area (Å²) in [6.45, 7) is 1.08. The lowest BCUT2D eigenvalue weighted by Gasteiger charge is -2.05. The number of halogens is 3. The highest BCUT2D eigenvalue weighted by Crippen LogP contribution is 2.18. The Morgan fingerprint density at radius 2 is 2.14 bits per heavy atom. The second kappa shape index (κ2) is 3.72. The smallest absolute Gasteiger partial charge is 0.368 e. The molecule has 0 amide bonds. The summed E-state index contributed by atoms with van der Waals surface area (Å²) in [6.07, 6.45) is -4.34. The van der Waals surface area contributed by atoms with Crippen molar-refractivity contribution < 1.29 is 13.2 Å². The van der Waals surface area contributed by atoms with Crippen LogP contribution in [0, 0.1) is 0 Å². The van der Waals surface area contributed by atoms with Crippen molar-refractivity contribution in [1.82, 2.24) is 14.8 Å². The first-order valence-electron chi connectivity index (χ1n) is 3.93. The van der Waals surface area contributed by atoms with Crippen LogP contribution in [0.1, 0.15) is 6.92 Å². The molecule has 0 spiro atoms. The molecule has 0 saturated heterocycles. The predicted octanol–water partition coefficient (Wildman–Crippen LogP) is 0.854. The highest BCUT2D eigenvalue weighted by Gasteiger charge is 2.29. The Hall–Kier alpha value is -1.47. The normalized spacial score (nSPS) is 11.7. The van der Waals surface area contributed by atoms with Gasteiger partial charge in [0.05, 0.1) is 0 Å². The lowest BCUT2D eigenvalue weighted by Crippen LogP contribution is -2.20. The minimum Gasteiger partial charge on any atom is -0.368 e. The zero-order valence-electron chi connectivity index (χ0n) is 7.47. The lowest BCUT2D eigenvalue weighted by molar-refractivity contribution is -0.142. The second-order valence-electron chi connectivity index (χ2n) is 2.60. The average Bonchev–Trinajstić information content (AvgIpc) is 2.29. The molecule has 0 unspecified atom stereocenters. The van der Waals surface area contributed by atoms with Gasteiger partial charge >= 0.3 is 6.18 Å². The second-order valence-corrected chi connectivity index (χ2v) is 2.60. The molecule has 80 valence electrons. The molecule has 0 aliphatic carbocycles. The maximum atomic E-state index is 12.0. The van der Waals surface area contributed by atoms with Crippen LogP contribution >= 0.6 is 0 Å². The summed E-state index contributed by atoms with van der Waals surface area (Å²) in [4.78, 5) is 3.60. The van der Waals surface area contributed by atoms with Crippen LogP contribution in [0.4, 0.5) is 25.1 Å². The van der Waals surface area contributed by atoms with E-state index in [2.05, 4.69) is 15.4 Å². The Morgan fingerprint density at radius 3 is 2.64 bits per heavy atom.